The number of nitrogens with zero attached hydrogens (tertiary/aromatic N) is 1. The van der Waals surface area contributed by atoms with Crippen LogP contribution in [0, 0.1) is 18.3 Å². The number of hydrogen-bond donors (Lipinski definition) is 0. The van der Waals surface area contributed by atoms with Crippen molar-refractivity contribution in [3.63, 3.8) is 0 Å². The van der Waals surface area contributed by atoms with Crippen LogP contribution in [0.1, 0.15) is 31.6 Å². The van der Waals surface area contributed by atoms with Gasteiger partial charge in [0, 0.05) is 4.88 Å². The largest absolute Gasteiger partial charge is 0.486 e. The van der Waals surface area contributed by atoms with Crippen LogP contribution in [0.2, 0.25) is 0 Å². The number of ether oxygens (including phenoxy) is 1. The van der Waals surface area contributed by atoms with Crippen molar-refractivity contribution in [2.24, 2.45) is 0 Å². The van der Waals surface area contributed by atoms with Gasteiger partial charge in [-0.15, -0.1) is 11.3 Å². The number of rotatable bonds is 6. The number of aryl methyl sites for hydroxylation is 1. The molecular formula is C20H15NO3S. The van der Waals surface area contributed by atoms with Gasteiger partial charge in [-0.1, -0.05) is 0 Å². The van der Waals surface area contributed by atoms with E-state index in [2.05, 4.69) is 6.07 Å². The van der Waals surface area contributed by atoms with Crippen LogP contribution in [0.5, 0.6) is 5.75 Å². The molecule has 0 unspecified atom stereocenters. The van der Waals surface area contributed by atoms with E-state index in [9.17, 15) is 4.79 Å². The Morgan fingerprint density at radius 1 is 1.20 bits per heavy atom. The summed E-state index contributed by atoms with van der Waals surface area (Å²) in [5.41, 5.74) is 0.586. The Bertz CT molecular complexity index is 942. The van der Waals surface area contributed by atoms with Crippen LogP contribution in [-0.2, 0) is 6.61 Å². The van der Waals surface area contributed by atoms with Gasteiger partial charge in [0.25, 0.3) is 0 Å². The Morgan fingerprint density at radius 3 is 2.68 bits per heavy atom. The number of benzene rings is 1. The smallest absolute Gasteiger partial charge is 0.195 e. The highest BCUT2D eigenvalue weighted by molar-refractivity contribution is 7.14. The maximum absolute atomic E-state index is 12.0. The Labute approximate surface area is 149 Å². The Kier molecular flexibility index (Phi) is 5.12. The molecule has 25 heavy (non-hydrogen) atoms. The van der Waals surface area contributed by atoms with Gasteiger partial charge in [0.2, 0.25) is 0 Å². The zero-order valence-electron chi connectivity index (χ0n) is 13.6. The van der Waals surface area contributed by atoms with Crippen molar-refractivity contribution in [2.75, 3.05) is 0 Å². The lowest BCUT2D eigenvalue weighted by atomic mass is 10.2. The quantitative estimate of drug-likeness (QED) is 0.464. The first-order valence-corrected chi connectivity index (χ1v) is 8.46. The van der Waals surface area contributed by atoms with Crippen molar-refractivity contribution in [3.05, 3.63) is 81.4 Å². The fourth-order valence-corrected chi connectivity index (χ4v) is 2.94. The summed E-state index contributed by atoms with van der Waals surface area (Å²) >= 11 is 1.47. The zero-order valence-corrected chi connectivity index (χ0v) is 14.4. The topological polar surface area (TPSA) is 63.2 Å². The van der Waals surface area contributed by atoms with Gasteiger partial charge in [-0.05, 0) is 67.6 Å². The van der Waals surface area contributed by atoms with E-state index in [1.54, 1.807) is 36.4 Å². The molecule has 0 saturated carbocycles. The standard InChI is InChI=1S/C20H15NO3S/c1-14-2-11-20(25-14)19(22)10-9-17-7-8-18(24-17)13-23-16-5-3-15(12-21)4-6-16/h2-11H,13H2,1H3/b10-9+. The molecule has 0 bridgehead atoms. The second-order valence-electron chi connectivity index (χ2n) is 5.34. The average molecular weight is 349 g/mol. The predicted molar refractivity (Wildman–Crippen MR) is 96.6 cm³/mol. The molecule has 2 heterocycles. The molecule has 0 radical (unpaired) electrons. The molecule has 1 aromatic carbocycles. The highest BCUT2D eigenvalue weighted by Crippen LogP contribution is 2.18. The number of furan rings is 1. The number of carbonyl (C=O) groups excluding carboxylic acids is 1. The highest BCUT2D eigenvalue weighted by atomic mass is 32.1. The van der Waals surface area contributed by atoms with Gasteiger partial charge in [0.05, 0.1) is 16.5 Å². The molecule has 0 N–H and O–H groups in total. The van der Waals surface area contributed by atoms with Crippen LogP contribution in [0.3, 0.4) is 0 Å². The number of allylic oxidation sites excluding steroid dienone is 1. The lowest BCUT2D eigenvalue weighted by molar-refractivity contribution is 0.105. The summed E-state index contributed by atoms with van der Waals surface area (Å²) in [7, 11) is 0. The van der Waals surface area contributed by atoms with Crippen molar-refractivity contribution < 1.29 is 13.9 Å². The fourth-order valence-electron chi connectivity index (χ4n) is 2.15. The molecule has 3 aromatic rings. The molecule has 0 aliphatic carbocycles. The molecule has 0 fully saturated rings. The van der Waals surface area contributed by atoms with Gasteiger partial charge in [-0.25, -0.2) is 0 Å². The van der Waals surface area contributed by atoms with E-state index in [-0.39, 0.29) is 12.4 Å². The molecule has 2 aromatic heterocycles. The van der Waals surface area contributed by atoms with Crippen molar-refractivity contribution in [1.29, 1.82) is 5.26 Å². The molecule has 0 aliphatic rings. The van der Waals surface area contributed by atoms with E-state index in [0.717, 1.165) is 4.88 Å². The summed E-state index contributed by atoms with van der Waals surface area (Å²) in [5, 5.41) is 8.77. The lowest BCUT2D eigenvalue weighted by Crippen LogP contribution is -1.93. The van der Waals surface area contributed by atoms with Crippen molar-refractivity contribution in [1.82, 2.24) is 0 Å². The van der Waals surface area contributed by atoms with E-state index in [0.29, 0.717) is 27.7 Å². The number of ketones is 1. The first-order chi connectivity index (χ1) is 12.1. The average Bonchev–Trinajstić information content (AvgIpc) is 3.27. The van der Waals surface area contributed by atoms with Crippen LogP contribution in [0.25, 0.3) is 6.08 Å². The van der Waals surface area contributed by atoms with Gasteiger partial charge in [-0.3, -0.25) is 4.79 Å². The van der Waals surface area contributed by atoms with Gasteiger partial charge in [0.15, 0.2) is 5.78 Å². The maximum atomic E-state index is 12.0. The number of thiophene rings is 1. The third-order valence-corrected chi connectivity index (χ3v) is 4.44. The molecule has 0 spiro atoms. The second kappa shape index (κ2) is 7.65. The van der Waals surface area contributed by atoms with E-state index in [1.807, 2.05) is 25.1 Å². The molecule has 0 atom stereocenters. The van der Waals surface area contributed by atoms with Gasteiger partial charge in [0.1, 0.15) is 23.9 Å². The number of hydrogen-bond acceptors (Lipinski definition) is 5. The first-order valence-electron chi connectivity index (χ1n) is 7.64. The Hall–Kier alpha value is -3.10. The van der Waals surface area contributed by atoms with E-state index in [4.69, 9.17) is 14.4 Å². The van der Waals surface area contributed by atoms with Crippen LogP contribution in [-0.4, -0.2) is 5.78 Å². The lowest BCUT2D eigenvalue weighted by Gasteiger charge is -2.03. The molecular weight excluding hydrogens is 334 g/mol. The van der Waals surface area contributed by atoms with Gasteiger partial charge in [-0.2, -0.15) is 5.26 Å². The first kappa shape index (κ1) is 16.7. The van der Waals surface area contributed by atoms with Crippen LogP contribution >= 0.6 is 11.3 Å². The minimum absolute atomic E-state index is 0.0371. The SMILES string of the molecule is Cc1ccc(C(=O)/C=C/c2ccc(COc3ccc(C#N)cc3)o2)s1. The zero-order chi connectivity index (χ0) is 17.6. The van der Waals surface area contributed by atoms with Crippen LogP contribution in [0.15, 0.2) is 59.0 Å². The summed E-state index contributed by atoms with van der Waals surface area (Å²) in [6.07, 6.45) is 3.16. The third-order valence-electron chi connectivity index (χ3n) is 3.43. The highest BCUT2D eigenvalue weighted by Gasteiger charge is 2.06. The van der Waals surface area contributed by atoms with E-state index in [1.165, 1.54) is 17.4 Å². The summed E-state index contributed by atoms with van der Waals surface area (Å²) in [4.78, 5) is 13.9. The predicted octanol–water partition coefficient (Wildman–Crippen LogP) is 5.00. The normalized spacial score (nSPS) is 10.7. The minimum Gasteiger partial charge on any atom is -0.486 e. The van der Waals surface area contributed by atoms with Crippen molar-refractivity contribution >= 4 is 23.2 Å². The molecule has 0 amide bonds. The van der Waals surface area contributed by atoms with Crippen molar-refractivity contribution in [3.8, 4) is 11.8 Å². The second-order valence-corrected chi connectivity index (χ2v) is 6.62. The summed E-state index contributed by atoms with van der Waals surface area (Å²) < 4.78 is 11.2. The summed E-state index contributed by atoms with van der Waals surface area (Å²) in [6, 6.07) is 16.3. The molecule has 4 nitrogen and oxygen atoms in total. The number of carbonyl (C=O) groups is 1. The van der Waals surface area contributed by atoms with E-state index >= 15 is 0 Å². The molecule has 124 valence electrons. The Balaban J connectivity index is 1.57. The monoisotopic (exact) mass is 349 g/mol. The van der Waals surface area contributed by atoms with Crippen LogP contribution in [0.4, 0.5) is 0 Å². The Morgan fingerprint density at radius 2 is 2.00 bits per heavy atom. The molecule has 3 rings (SSSR count). The molecule has 0 aliphatic heterocycles. The van der Waals surface area contributed by atoms with Gasteiger partial charge < -0.3 is 9.15 Å². The third kappa shape index (κ3) is 4.46. The van der Waals surface area contributed by atoms with Gasteiger partial charge >= 0.3 is 0 Å². The minimum atomic E-state index is -0.0371. The van der Waals surface area contributed by atoms with Crippen molar-refractivity contribution in [2.45, 2.75) is 13.5 Å². The molecule has 5 heteroatoms. The number of nitriles is 1. The fraction of sp³-hybridized carbons (Fsp3) is 0.100. The summed E-state index contributed by atoms with van der Waals surface area (Å²) in [5.74, 6) is 1.88. The molecule has 0 saturated heterocycles. The van der Waals surface area contributed by atoms with E-state index < -0.39 is 0 Å². The summed E-state index contributed by atoms with van der Waals surface area (Å²) in [6.45, 7) is 2.25. The maximum Gasteiger partial charge on any atom is 0.195 e. The van der Waals surface area contributed by atoms with Crippen LogP contribution < -0.4 is 4.74 Å².